The maximum absolute atomic E-state index is 12.3. The Morgan fingerprint density at radius 3 is 2.77 bits per heavy atom. The molecule has 2 aromatic rings. The van der Waals surface area contributed by atoms with Gasteiger partial charge < -0.3 is 9.64 Å². The molecule has 0 radical (unpaired) electrons. The SMILES string of the molecule is COc1ccccc1/C(C)=C/C(=O)N(C)Cc1cc(Br)cs1. The van der Waals surface area contributed by atoms with Crippen LogP contribution in [0.5, 0.6) is 5.75 Å². The molecule has 0 atom stereocenters. The van der Waals surface area contributed by atoms with Crippen molar-refractivity contribution in [1.82, 2.24) is 4.90 Å². The second-order valence-electron chi connectivity index (χ2n) is 4.95. The van der Waals surface area contributed by atoms with E-state index in [4.69, 9.17) is 4.74 Å². The van der Waals surface area contributed by atoms with Crippen molar-refractivity contribution in [1.29, 1.82) is 0 Å². The first-order chi connectivity index (χ1) is 10.5. The molecule has 0 aliphatic heterocycles. The highest BCUT2D eigenvalue weighted by Crippen LogP contribution is 2.25. The highest BCUT2D eigenvalue weighted by molar-refractivity contribution is 9.10. The second kappa shape index (κ2) is 7.61. The van der Waals surface area contributed by atoms with E-state index in [0.29, 0.717) is 6.54 Å². The highest BCUT2D eigenvalue weighted by atomic mass is 79.9. The van der Waals surface area contributed by atoms with E-state index in [1.54, 1.807) is 29.4 Å². The van der Waals surface area contributed by atoms with Crippen LogP contribution in [0.4, 0.5) is 0 Å². The second-order valence-corrected chi connectivity index (χ2v) is 6.86. The van der Waals surface area contributed by atoms with Crippen LogP contribution in [0.3, 0.4) is 0 Å². The van der Waals surface area contributed by atoms with Crippen molar-refractivity contribution in [3.05, 3.63) is 56.7 Å². The molecule has 0 aliphatic carbocycles. The Balaban J connectivity index is 2.11. The summed E-state index contributed by atoms with van der Waals surface area (Å²) in [5.74, 6) is 0.752. The number of nitrogens with zero attached hydrogens (tertiary/aromatic N) is 1. The summed E-state index contributed by atoms with van der Waals surface area (Å²) in [6, 6.07) is 9.73. The van der Waals surface area contributed by atoms with Crippen LogP contribution in [0, 0.1) is 0 Å². The number of benzene rings is 1. The average Bonchev–Trinajstić information content (AvgIpc) is 2.92. The lowest BCUT2D eigenvalue weighted by molar-refractivity contribution is -0.125. The molecule has 1 amide bonds. The maximum atomic E-state index is 12.3. The van der Waals surface area contributed by atoms with Crippen molar-refractivity contribution in [2.24, 2.45) is 0 Å². The molecule has 0 bridgehead atoms. The number of para-hydroxylation sites is 1. The van der Waals surface area contributed by atoms with Crippen molar-refractivity contribution in [2.75, 3.05) is 14.2 Å². The number of hydrogen-bond donors (Lipinski definition) is 0. The van der Waals surface area contributed by atoms with E-state index in [0.717, 1.165) is 26.2 Å². The lowest BCUT2D eigenvalue weighted by Gasteiger charge is -2.15. The summed E-state index contributed by atoms with van der Waals surface area (Å²) in [4.78, 5) is 15.2. The average molecular weight is 380 g/mol. The molecule has 0 N–H and O–H groups in total. The first-order valence-electron chi connectivity index (χ1n) is 6.81. The summed E-state index contributed by atoms with van der Waals surface area (Å²) in [6.45, 7) is 2.52. The van der Waals surface area contributed by atoms with Gasteiger partial charge in [0.25, 0.3) is 0 Å². The fourth-order valence-corrected chi connectivity index (χ4v) is 3.60. The van der Waals surface area contributed by atoms with Crippen LogP contribution in [0.2, 0.25) is 0 Å². The number of ether oxygens (including phenoxy) is 1. The number of methoxy groups -OCH3 is 1. The van der Waals surface area contributed by atoms with Crippen molar-refractivity contribution >= 4 is 38.7 Å². The molecule has 0 saturated heterocycles. The Bertz CT molecular complexity index is 693. The standard InChI is InChI=1S/C17H18BrNO2S/c1-12(15-6-4-5-7-16(15)21-3)8-17(20)19(2)10-14-9-13(18)11-22-14/h4-9,11H,10H2,1-3H3/b12-8+. The van der Waals surface area contributed by atoms with Gasteiger partial charge in [-0.3, -0.25) is 4.79 Å². The minimum atomic E-state index is -0.0204. The topological polar surface area (TPSA) is 29.5 Å². The predicted octanol–water partition coefficient (Wildman–Crippen LogP) is 4.58. The van der Waals surface area contributed by atoms with Gasteiger partial charge in [-0.15, -0.1) is 11.3 Å². The fraction of sp³-hybridized carbons (Fsp3) is 0.235. The summed E-state index contributed by atoms with van der Waals surface area (Å²) in [5, 5.41) is 2.02. The Labute approximate surface area is 143 Å². The Morgan fingerprint density at radius 1 is 1.41 bits per heavy atom. The zero-order valence-corrected chi connectivity index (χ0v) is 15.2. The fourth-order valence-electron chi connectivity index (χ4n) is 2.09. The van der Waals surface area contributed by atoms with E-state index in [-0.39, 0.29) is 5.91 Å². The van der Waals surface area contributed by atoms with Gasteiger partial charge in [0.05, 0.1) is 13.7 Å². The van der Waals surface area contributed by atoms with Crippen LogP contribution in [-0.2, 0) is 11.3 Å². The van der Waals surface area contributed by atoms with Crippen LogP contribution in [-0.4, -0.2) is 25.0 Å². The first kappa shape index (κ1) is 16.8. The number of thiophene rings is 1. The lowest BCUT2D eigenvalue weighted by atomic mass is 10.1. The summed E-state index contributed by atoms with van der Waals surface area (Å²) in [7, 11) is 3.44. The molecule has 0 unspecified atom stereocenters. The van der Waals surface area contributed by atoms with Crippen molar-refractivity contribution < 1.29 is 9.53 Å². The predicted molar refractivity (Wildman–Crippen MR) is 95.1 cm³/mol. The van der Waals surface area contributed by atoms with Gasteiger partial charge >= 0.3 is 0 Å². The molecule has 0 saturated carbocycles. The van der Waals surface area contributed by atoms with Crippen LogP contribution >= 0.6 is 27.3 Å². The number of amides is 1. The van der Waals surface area contributed by atoms with Gasteiger partial charge in [-0.1, -0.05) is 18.2 Å². The molecule has 116 valence electrons. The van der Waals surface area contributed by atoms with Gasteiger partial charge in [0.15, 0.2) is 0 Å². The summed E-state index contributed by atoms with van der Waals surface area (Å²) in [6.07, 6.45) is 1.65. The molecule has 0 aliphatic rings. The van der Waals surface area contributed by atoms with E-state index in [1.807, 2.05) is 49.7 Å². The molecule has 22 heavy (non-hydrogen) atoms. The van der Waals surface area contributed by atoms with Gasteiger partial charge in [-0.2, -0.15) is 0 Å². The lowest BCUT2D eigenvalue weighted by Crippen LogP contribution is -2.23. The largest absolute Gasteiger partial charge is 0.496 e. The summed E-state index contributed by atoms with van der Waals surface area (Å²) in [5.41, 5.74) is 1.83. The molecule has 1 aromatic carbocycles. The first-order valence-corrected chi connectivity index (χ1v) is 8.48. The van der Waals surface area contributed by atoms with Crippen molar-refractivity contribution in [3.63, 3.8) is 0 Å². The van der Waals surface area contributed by atoms with Gasteiger partial charge in [-0.05, 0) is 40.6 Å². The highest BCUT2D eigenvalue weighted by Gasteiger charge is 2.10. The molecule has 0 fully saturated rings. The minimum absolute atomic E-state index is 0.0204. The van der Waals surface area contributed by atoms with E-state index in [2.05, 4.69) is 15.9 Å². The van der Waals surface area contributed by atoms with E-state index < -0.39 is 0 Å². The van der Waals surface area contributed by atoms with Crippen LogP contribution in [0.15, 0.2) is 46.3 Å². The van der Waals surface area contributed by atoms with Crippen molar-refractivity contribution in [3.8, 4) is 5.75 Å². The third-order valence-corrected chi connectivity index (χ3v) is 4.95. The minimum Gasteiger partial charge on any atom is -0.496 e. The third-order valence-electron chi connectivity index (χ3n) is 3.26. The molecule has 5 heteroatoms. The van der Waals surface area contributed by atoms with Gasteiger partial charge in [-0.25, -0.2) is 0 Å². The third kappa shape index (κ3) is 4.21. The Kier molecular flexibility index (Phi) is 5.80. The molecular weight excluding hydrogens is 362 g/mol. The van der Waals surface area contributed by atoms with E-state index in [9.17, 15) is 4.79 Å². The van der Waals surface area contributed by atoms with Gasteiger partial charge in [0.2, 0.25) is 5.91 Å². The van der Waals surface area contributed by atoms with Crippen LogP contribution in [0.1, 0.15) is 17.4 Å². The quantitative estimate of drug-likeness (QED) is 0.711. The maximum Gasteiger partial charge on any atom is 0.246 e. The van der Waals surface area contributed by atoms with E-state index in [1.165, 1.54) is 0 Å². The number of halogens is 1. The molecule has 0 spiro atoms. The molecular formula is C17H18BrNO2S. The zero-order valence-electron chi connectivity index (χ0n) is 12.8. The zero-order chi connectivity index (χ0) is 16.1. The van der Waals surface area contributed by atoms with Crippen LogP contribution < -0.4 is 4.74 Å². The normalized spacial score (nSPS) is 11.4. The molecule has 3 nitrogen and oxygen atoms in total. The Hall–Kier alpha value is -1.59. The smallest absolute Gasteiger partial charge is 0.246 e. The number of rotatable bonds is 5. The number of allylic oxidation sites excluding steroid dienone is 1. The number of hydrogen-bond acceptors (Lipinski definition) is 3. The number of carbonyl (C=O) groups is 1. The van der Waals surface area contributed by atoms with Gasteiger partial charge in [0, 0.05) is 33.4 Å². The Morgan fingerprint density at radius 2 is 2.14 bits per heavy atom. The summed E-state index contributed by atoms with van der Waals surface area (Å²) < 4.78 is 6.39. The molecule has 1 heterocycles. The number of likely N-dealkylation sites (N-methyl/N-ethyl adjacent to an activating group) is 1. The number of carbonyl (C=O) groups excluding carboxylic acids is 1. The van der Waals surface area contributed by atoms with E-state index >= 15 is 0 Å². The molecule has 2 rings (SSSR count). The van der Waals surface area contributed by atoms with Crippen LogP contribution in [0.25, 0.3) is 5.57 Å². The summed E-state index contributed by atoms with van der Waals surface area (Å²) >= 11 is 5.06. The molecule has 1 aromatic heterocycles. The monoisotopic (exact) mass is 379 g/mol. The van der Waals surface area contributed by atoms with Crippen molar-refractivity contribution in [2.45, 2.75) is 13.5 Å². The van der Waals surface area contributed by atoms with Gasteiger partial charge in [0.1, 0.15) is 5.75 Å².